The molecule has 0 aromatic heterocycles. The lowest BCUT2D eigenvalue weighted by Crippen LogP contribution is -2.22. The molecule has 1 atom stereocenters. The second kappa shape index (κ2) is 8.31. The largest absolute Gasteiger partial charge is 0.493 e. The number of hydrogen-bond donors (Lipinski definition) is 1. The first-order valence-corrected chi connectivity index (χ1v) is 8.66. The summed E-state index contributed by atoms with van der Waals surface area (Å²) in [6.45, 7) is 3.77. The lowest BCUT2D eigenvalue weighted by Gasteiger charge is -2.14. The molecule has 4 nitrogen and oxygen atoms in total. The average molecular weight is 366 g/mol. The monoisotopic (exact) mass is 365 g/mol. The van der Waals surface area contributed by atoms with E-state index in [2.05, 4.69) is 5.32 Å². The van der Waals surface area contributed by atoms with E-state index in [1.54, 1.807) is 20.3 Å². The molecule has 1 N–H and O–H groups in total. The molecule has 0 heterocycles. The van der Waals surface area contributed by atoms with E-state index >= 15 is 0 Å². The molecule has 2 rings (SSSR count). The van der Waals surface area contributed by atoms with Crippen molar-refractivity contribution in [3.63, 3.8) is 0 Å². The first kappa shape index (κ1) is 18.5. The molecule has 0 aliphatic rings. The van der Waals surface area contributed by atoms with Gasteiger partial charge in [-0.05, 0) is 49.7 Å². The molecule has 0 bridgehead atoms. The Hall–Kier alpha value is -1.85. The van der Waals surface area contributed by atoms with Crippen molar-refractivity contribution >= 4 is 35.0 Å². The standard InChI is InChI=1S/C18H20ClNO3S/c1-11-5-6-13(9-15(11)19)20-18(21)12(2)24-14-7-8-16(22-3)17(10-14)23-4/h5-10,12H,1-4H3,(H,20,21)/t12-/m0/s1. The van der Waals surface area contributed by atoms with Gasteiger partial charge in [0.2, 0.25) is 5.91 Å². The molecule has 0 unspecified atom stereocenters. The summed E-state index contributed by atoms with van der Waals surface area (Å²) in [6.07, 6.45) is 0. The predicted molar refractivity (Wildman–Crippen MR) is 99.7 cm³/mol. The summed E-state index contributed by atoms with van der Waals surface area (Å²) in [7, 11) is 3.18. The second-order valence-electron chi connectivity index (χ2n) is 5.23. The minimum absolute atomic E-state index is 0.0882. The van der Waals surface area contributed by atoms with Crippen molar-refractivity contribution in [3.05, 3.63) is 47.0 Å². The third-order valence-electron chi connectivity index (χ3n) is 3.48. The van der Waals surface area contributed by atoms with Crippen LogP contribution in [0.25, 0.3) is 0 Å². The van der Waals surface area contributed by atoms with Crippen LogP contribution in [0.3, 0.4) is 0 Å². The molecule has 2 aromatic rings. The highest BCUT2D eigenvalue weighted by Gasteiger charge is 2.16. The van der Waals surface area contributed by atoms with Gasteiger partial charge in [-0.25, -0.2) is 0 Å². The van der Waals surface area contributed by atoms with E-state index in [4.69, 9.17) is 21.1 Å². The number of benzene rings is 2. The van der Waals surface area contributed by atoms with Gasteiger partial charge in [-0.1, -0.05) is 17.7 Å². The molecular formula is C18H20ClNO3S. The topological polar surface area (TPSA) is 47.6 Å². The summed E-state index contributed by atoms with van der Waals surface area (Å²) in [5, 5.41) is 3.24. The number of hydrogen-bond acceptors (Lipinski definition) is 4. The van der Waals surface area contributed by atoms with E-state index in [1.807, 2.05) is 44.2 Å². The Morgan fingerprint density at radius 1 is 1.12 bits per heavy atom. The van der Waals surface area contributed by atoms with E-state index in [0.29, 0.717) is 22.2 Å². The van der Waals surface area contributed by atoms with Crippen LogP contribution in [0.5, 0.6) is 11.5 Å². The number of thioether (sulfide) groups is 1. The first-order chi connectivity index (χ1) is 11.4. The molecule has 1 amide bonds. The van der Waals surface area contributed by atoms with Crippen LogP contribution in [-0.2, 0) is 4.79 Å². The van der Waals surface area contributed by atoms with Crippen LogP contribution >= 0.6 is 23.4 Å². The van der Waals surface area contributed by atoms with E-state index in [1.165, 1.54) is 11.8 Å². The molecule has 0 aliphatic carbocycles. The highest BCUT2D eigenvalue weighted by molar-refractivity contribution is 8.00. The third-order valence-corrected chi connectivity index (χ3v) is 4.98. The van der Waals surface area contributed by atoms with E-state index < -0.39 is 0 Å². The number of carbonyl (C=O) groups is 1. The maximum absolute atomic E-state index is 12.4. The molecule has 2 aromatic carbocycles. The Balaban J connectivity index is 2.04. The first-order valence-electron chi connectivity index (χ1n) is 7.40. The molecule has 24 heavy (non-hydrogen) atoms. The van der Waals surface area contributed by atoms with Crippen molar-refractivity contribution in [2.75, 3.05) is 19.5 Å². The van der Waals surface area contributed by atoms with E-state index in [0.717, 1.165) is 10.5 Å². The lowest BCUT2D eigenvalue weighted by atomic mass is 10.2. The molecule has 128 valence electrons. The van der Waals surface area contributed by atoms with Crippen molar-refractivity contribution in [3.8, 4) is 11.5 Å². The fourth-order valence-electron chi connectivity index (χ4n) is 2.06. The molecule has 0 radical (unpaired) electrons. The zero-order valence-corrected chi connectivity index (χ0v) is 15.6. The molecule has 0 aliphatic heterocycles. The van der Waals surface area contributed by atoms with Gasteiger partial charge in [0.15, 0.2) is 11.5 Å². The van der Waals surface area contributed by atoms with Crippen molar-refractivity contribution in [1.29, 1.82) is 0 Å². The Bertz CT molecular complexity index is 736. The Kier molecular flexibility index (Phi) is 6.40. The number of amides is 1. The van der Waals surface area contributed by atoms with Gasteiger partial charge in [-0.2, -0.15) is 0 Å². The number of nitrogens with one attached hydrogen (secondary N) is 1. The quantitative estimate of drug-likeness (QED) is 0.748. The van der Waals surface area contributed by atoms with Gasteiger partial charge in [-0.15, -0.1) is 11.8 Å². The lowest BCUT2D eigenvalue weighted by molar-refractivity contribution is -0.115. The minimum Gasteiger partial charge on any atom is -0.493 e. The van der Waals surface area contributed by atoms with Crippen LogP contribution in [-0.4, -0.2) is 25.4 Å². The Labute approximate surface area is 151 Å². The number of aryl methyl sites for hydroxylation is 1. The molecular weight excluding hydrogens is 346 g/mol. The third kappa shape index (κ3) is 4.58. The van der Waals surface area contributed by atoms with Crippen LogP contribution < -0.4 is 14.8 Å². The molecule has 0 saturated heterocycles. The zero-order valence-electron chi connectivity index (χ0n) is 14.1. The summed E-state index contributed by atoms with van der Waals surface area (Å²) in [5.41, 5.74) is 1.66. The normalized spacial score (nSPS) is 11.7. The number of methoxy groups -OCH3 is 2. The fraction of sp³-hybridized carbons (Fsp3) is 0.278. The van der Waals surface area contributed by atoms with Gasteiger partial charge >= 0.3 is 0 Å². The maximum Gasteiger partial charge on any atom is 0.237 e. The highest BCUT2D eigenvalue weighted by Crippen LogP contribution is 2.33. The minimum atomic E-state index is -0.275. The maximum atomic E-state index is 12.4. The van der Waals surface area contributed by atoms with Gasteiger partial charge in [0.25, 0.3) is 0 Å². The van der Waals surface area contributed by atoms with Crippen LogP contribution in [0.4, 0.5) is 5.69 Å². The summed E-state index contributed by atoms with van der Waals surface area (Å²) in [4.78, 5) is 13.3. The van der Waals surface area contributed by atoms with E-state index in [9.17, 15) is 4.79 Å². The van der Waals surface area contributed by atoms with Gasteiger partial charge in [0.1, 0.15) is 0 Å². The second-order valence-corrected chi connectivity index (χ2v) is 7.05. The van der Waals surface area contributed by atoms with Gasteiger partial charge < -0.3 is 14.8 Å². The van der Waals surface area contributed by atoms with Crippen LogP contribution in [0.15, 0.2) is 41.3 Å². The summed E-state index contributed by atoms with van der Waals surface area (Å²) < 4.78 is 10.5. The number of carbonyl (C=O) groups excluding carboxylic acids is 1. The summed E-state index contributed by atoms with van der Waals surface area (Å²) in [6, 6.07) is 11.1. The summed E-state index contributed by atoms with van der Waals surface area (Å²) in [5.74, 6) is 1.21. The number of rotatable bonds is 6. The zero-order chi connectivity index (χ0) is 17.7. The SMILES string of the molecule is COc1ccc(S[C@@H](C)C(=O)Nc2ccc(C)c(Cl)c2)cc1OC. The average Bonchev–Trinajstić information content (AvgIpc) is 2.57. The van der Waals surface area contributed by atoms with Gasteiger partial charge in [-0.3, -0.25) is 4.79 Å². The Morgan fingerprint density at radius 2 is 1.83 bits per heavy atom. The predicted octanol–water partition coefficient (Wildman–Crippen LogP) is 4.78. The number of ether oxygens (including phenoxy) is 2. The summed E-state index contributed by atoms with van der Waals surface area (Å²) >= 11 is 7.53. The highest BCUT2D eigenvalue weighted by atomic mass is 35.5. The smallest absolute Gasteiger partial charge is 0.237 e. The van der Waals surface area contributed by atoms with Crippen molar-refractivity contribution in [1.82, 2.24) is 0 Å². The van der Waals surface area contributed by atoms with Crippen LogP contribution in [0.1, 0.15) is 12.5 Å². The fourth-order valence-corrected chi connectivity index (χ4v) is 3.14. The van der Waals surface area contributed by atoms with Gasteiger partial charge in [0.05, 0.1) is 19.5 Å². The van der Waals surface area contributed by atoms with E-state index in [-0.39, 0.29) is 11.2 Å². The van der Waals surface area contributed by atoms with Crippen molar-refractivity contribution < 1.29 is 14.3 Å². The molecule has 0 spiro atoms. The van der Waals surface area contributed by atoms with Crippen LogP contribution in [0, 0.1) is 6.92 Å². The molecule has 6 heteroatoms. The number of anilines is 1. The molecule has 0 fully saturated rings. The number of halogens is 1. The Morgan fingerprint density at radius 3 is 2.46 bits per heavy atom. The van der Waals surface area contributed by atoms with Crippen molar-refractivity contribution in [2.45, 2.75) is 24.0 Å². The molecule has 0 saturated carbocycles. The van der Waals surface area contributed by atoms with Gasteiger partial charge in [0, 0.05) is 15.6 Å². The van der Waals surface area contributed by atoms with Crippen LogP contribution in [0.2, 0.25) is 5.02 Å². The van der Waals surface area contributed by atoms with Crippen molar-refractivity contribution in [2.24, 2.45) is 0 Å².